The number of hydrogen-bond acceptors (Lipinski definition) is 13. The van der Waals surface area contributed by atoms with Crippen molar-refractivity contribution < 1.29 is 28.4 Å². The average Bonchev–Trinajstić information content (AvgIpc) is 4.16. The van der Waals surface area contributed by atoms with E-state index in [-0.39, 0.29) is 78.8 Å². The third-order valence-corrected chi connectivity index (χ3v) is 15.0. The summed E-state index contributed by atoms with van der Waals surface area (Å²) in [6.07, 6.45) is 9.86. The summed E-state index contributed by atoms with van der Waals surface area (Å²) in [4.78, 5) is 83.1. The number of nitrogen functional groups attached to an aromatic ring is 1. The van der Waals surface area contributed by atoms with Gasteiger partial charge in [0.1, 0.15) is 29.7 Å². The van der Waals surface area contributed by atoms with Crippen LogP contribution in [-0.2, 0) is 32.3 Å². The molecule has 0 spiro atoms. The molecule has 5 heterocycles. The molecule has 2 saturated heterocycles. The van der Waals surface area contributed by atoms with Gasteiger partial charge >= 0.3 is 0 Å². The molecule has 6 atom stereocenters. The summed E-state index contributed by atoms with van der Waals surface area (Å²) in [5.41, 5.74) is 9.14. The van der Waals surface area contributed by atoms with Crippen LogP contribution >= 0.6 is 0 Å². The Balaban J connectivity index is 0.882. The maximum atomic E-state index is 14.7. The Morgan fingerprint density at radius 3 is 2.45 bits per heavy atom. The minimum Gasteiger partial charge on any atom is -0.381 e. The van der Waals surface area contributed by atoms with Gasteiger partial charge in [-0.15, -0.1) is 0 Å². The fourth-order valence-corrected chi connectivity index (χ4v) is 10.6. The summed E-state index contributed by atoms with van der Waals surface area (Å²) in [5.74, 6) is -1.07. The van der Waals surface area contributed by atoms with Gasteiger partial charge in [-0.3, -0.25) is 28.7 Å². The van der Waals surface area contributed by atoms with Crippen LogP contribution in [0.1, 0.15) is 150 Å². The lowest BCUT2D eigenvalue weighted by atomic mass is 9.85. The monoisotopic (exact) mass is 1040 g/mol. The summed E-state index contributed by atoms with van der Waals surface area (Å²) in [6.45, 7) is 11.6. The number of aromatic nitrogens is 4. The van der Waals surface area contributed by atoms with Gasteiger partial charge in [0.15, 0.2) is 11.6 Å². The van der Waals surface area contributed by atoms with E-state index in [1.165, 1.54) is 34.0 Å². The first-order chi connectivity index (χ1) is 36.4. The molecule has 7 rings (SSSR count). The molecular weight excluding hydrogens is 968 g/mol. The molecule has 408 valence electrons. The van der Waals surface area contributed by atoms with Gasteiger partial charge in [0.05, 0.1) is 54.4 Å². The number of halogens is 1. The zero-order valence-corrected chi connectivity index (χ0v) is 45.3. The lowest BCUT2D eigenvalue weighted by molar-refractivity contribution is -0.144. The van der Waals surface area contributed by atoms with Crippen molar-refractivity contribution in [2.45, 2.75) is 155 Å². The first-order valence-electron chi connectivity index (χ1n) is 27.0. The summed E-state index contributed by atoms with van der Waals surface area (Å²) >= 11 is 0. The number of unbranched alkanes of at least 4 members (excludes halogenated alkanes) is 5. The molecular formula is C56H77FN14O5. The highest BCUT2D eigenvalue weighted by atomic mass is 19.1. The van der Waals surface area contributed by atoms with Crippen molar-refractivity contribution in [3.8, 4) is 17.3 Å². The van der Waals surface area contributed by atoms with Crippen LogP contribution in [0.3, 0.4) is 0 Å². The fraction of sp³-hybridized carbons (Fsp3) is 0.554. The molecule has 7 N–H and O–H groups in total. The number of nitrogens with zero attached hydrogens (tertiary/aromatic N) is 8. The minimum absolute atomic E-state index is 0.0289. The predicted octanol–water partition coefficient (Wildman–Crippen LogP) is 5.67. The molecule has 4 aromatic rings. The summed E-state index contributed by atoms with van der Waals surface area (Å²) in [5, 5.41) is 31.0. The van der Waals surface area contributed by atoms with E-state index in [0.29, 0.717) is 72.7 Å². The van der Waals surface area contributed by atoms with Gasteiger partial charge in [-0.2, -0.15) is 10.4 Å². The van der Waals surface area contributed by atoms with E-state index in [2.05, 4.69) is 37.6 Å². The van der Waals surface area contributed by atoms with Gasteiger partial charge in [-0.05, 0) is 93.8 Å². The van der Waals surface area contributed by atoms with Crippen LogP contribution in [0.2, 0.25) is 0 Å². The van der Waals surface area contributed by atoms with Crippen LogP contribution in [0.25, 0.3) is 11.3 Å². The lowest BCUT2D eigenvalue weighted by Gasteiger charge is -2.36. The second kappa shape index (κ2) is 25.7. The molecule has 5 amide bonds. The summed E-state index contributed by atoms with van der Waals surface area (Å²) in [7, 11) is 3.34. The number of rotatable bonds is 21. The molecule has 0 radical (unpaired) electrons. The number of fused-ring (bicyclic) bond motifs is 8. The van der Waals surface area contributed by atoms with Crippen LogP contribution < -0.4 is 37.2 Å². The molecule has 2 aromatic heterocycles. The molecule has 3 aliphatic heterocycles. The van der Waals surface area contributed by atoms with Gasteiger partial charge in [0, 0.05) is 44.7 Å². The highest BCUT2D eigenvalue weighted by Crippen LogP contribution is 2.41. The standard InChI is InChI=1S/C56H77FN14O5/c1-8-41(36-19-14-13-15-20-36)65-53(74)45-30-38(33-70(45)55(76)49(56(3,4)5)66-52(73)35(2)60-6)61-25-17-12-10-9-11-16-22-47(72)62-26-28-71-46(31-58)48-42-32-63-50(59)51(64-42)69-27-18-21-44(69)40-29-37(57)23-24-39(40)54(75)68(7)34-43(48)67-71/h13-15,19-20,23-24,29,32,35,38,41,44-45,49,60-61H,8-12,16-18,21-22,25-28,30,33-34H2,1-7H3,(H2,59,63)(H,62,72)(H,65,74)(H,66,73)/t35-,38-,41+,44-,45-,49?/m1/s1. The lowest BCUT2D eigenvalue weighted by Crippen LogP contribution is -2.59. The van der Waals surface area contributed by atoms with Gasteiger partial charge < -0.3 is 47.0 Å². The van der Waals surface area contributed by atoms with E-state index in [9.17, 15) is 33.6 Å². The number of carbonyl (C=O) groups excluding carboxylic acids is 5. The van der Waals surface area contributed by atoms with Crippen molar-refractivity contribution in [2.24, 2.45) is 5.41 Å². The van der Waals surface area contributed by atoms with E-state index in [0.717, 1.165) is 57.1 Å². The third kappa shape index (κ3) is 13.5. The van der Waals surface area contributed by atoms with Gasteiger partial charge in [0.2, 0.25) is 23.6 Å². The van der Waals surface area contributed by atoms with Gasteiger partial charge in [-0.1, -0.05) is 83.7 Å². The average molecular weight is 1050 g/mol. The summed E-state index contributed by atoms with van der Waals surface area (Å²) in [6, 6.07) is 13.6. The Hall–Kier alpha value is -6.98. The smallest absolute Gasteiger partial charge is 0.254 e. The molecule has 2 fully saturated rings. The number of anilines is 2. The molecule has 0 saturated carbocycles. The highest BCUT2D eigenvalue weighted by Gasteiger charge is 2.45. The van der Waals surface area contributed by atoms with Crippen molar-refractivity contribution >= 4 is 41.2 Å². The van der Waals surface area contributed by atoms with Crippen molar-refractivity contribution in [1.29, 1.82) is 5.26 Å². The molecule has 1 unspecified atom stereocenters. The number of nitriles is 1. The van der Waals surface area contributed by atoms with Crippen LogP contribution in [0, 0.1) is 22.6 Å². The second-order valence-corrected chi connectivity index (χ2v) is 21.5. The van der Waals surface area contributed by atoms with E-state index in [1.54, 1.807) is 25.9 Å². The Kier molecular flexibility index (Phi) is 19.2. The first-order valence-corrected chi connectivity index (χ1v) is 27.0. The number of benzene rings is 2. The van der Waals surface area contributed by atoms with E-state index < -0.39 is 29.4 Å². The van der Waals surface area contributed by atoms with Crippen molar-refractivity contribution in [1.82, 2.24) is 56.1 Å². The fourth-order valence-electron chi connectivity index (χ4n) is 10.6. The van der Waals surface area contributed by atoms with Crippen molar-refractivity contribution in [3.63, 3.8) is 0 Å². The topological polar surface area (TPSA) is 249 Å². The zero-order chi connectivity index (χ0) is 54.7. The number of carbonyl (C=O) groups is 5. The zero-order valence-electron chi connectivity index (χ0n) is 45.3. The van der Waals surface area contributed by atoms with Crippen LogP contribution in [0.4, 0.5) is 16.0 Å². The minimum atomic E-state index is -0.837. The van der Waals surface area contributed by atoms with Crippen molar-refractivity contribution in [2.75, 3.05) is 50.9 Å². The molecule has 2 aromatic carbocycles. The summed E-state index contributed by atoms with van der Waals surface area (Å²) < 4.78 is 16.3. The number of nitrogens with one attached hydrogen (secondary N) is 5. The molecule has 76 heavy (non-hydrogen) atoms. The van der Waals surface area contributed by atoms with Crippen LogP contribution in [0.15, 0.2) is 54.7 Å². The molecule has 0 aliphatic carbocycles. The molecule has 20 heteroatoms. The molecule has 2 bridgehead atoms. The van der Waals surface area contributed by atoms with Crippen LogP contribution in [-0.4, -0.2) is 124 Å². The number of likely N-dealkylation sites (N-methyl/N-ethyl adjacent to an activating group) is 1. The third-order valence-electron chi connectivity index (χ3n) is 15.0. The second-order valence-electron chi connectivity index (χ2n) is 21.5. The normalized spacial score (nSPS) is 18.5. The maximum Gasteiger partial charge on any atom is 0.254 e. The van der Waals surface area contributed by atoms with E-state index in [1.807, 2.05) is 62.9 Å². The predicted molar refractivity (Wildman–Crippen MR) is 289 cm³/mol. The quantitative estimate of drug-likeness (QED) is 0.0552. The highest BCUT2D eigenvalue weighted by molar-refractivity contribution is 5.96. The van der Waals surface area contributed by atoms with Gasteiger partial charge in [0.25, 0.3) is 5.91 Å². The largest absolute Gasteiger partial charge is 0.381 e. The Morgan fingerprint density at radius 1 is 1.00 bits per heavy atom. The number of amides is 5. The Bertz CT molecular complexity index is 2740. The number of likely N-dealkylation sites (tertiary alicyclic amines) is 1. The Morgan fingerprint density at radius 2 is 1.74 bits per heavy atom. The van der Waals surface area contributed by atoms with E-state index in [4.69, 9.17) is 15.8 Å². The van der Waals surface area contributed by atoms with Gasteiger partial charge in [-0.25, -0.2) is 14.4 Å². The SMILES string of the molecule is CC[C@H](NC(=O)[C@H]1C[C@@H](NCCCCCCCCC(=O)NCCn2nc3c(c2C#N)-c2cnc(N)c(n2)N2CCC[C@@H]2c2cc(F)ccc2C(=O)N(C)C3)CN1C(=O)C(NC(=O)[C@@H](C)NC)C(C)(C)C)c1ccccc1. The van der Waals surface area contributed by atoms with E-state index >= 15 is 0 Å². The molecule has 3 aliphatic rings. The van der Waals surface area contributed by atoms with Crippen molar-refractivity contribution in [3.05, 3.63) is 88.6 Å². The Labute approximate surface area is 446 Å². The number of hydrogen-bond donors (Lipinski definition) is 6. The van der Waals surface area contributed by atoms with Crippen LogP contribution in [0.5, 0.6) is 0 Å². The molecule has 19 nitrogen and oxygen atoms in total. The number of nitrogens with two attached hydrogens (primary N) is 1. The maximum absolute atomic E-state index is 14.7. The first kappa shape index (κ1) is 56.7.